The Bertz CT molecular complexity index is 2140. The lowest BCUT2D eigenvalue weighted by Crippen LogP contribution is -2.61. The molecule has 0 aromatic heterocycles. The molecule has 1 amide bonds. The molecule has 76 heavy (non-hydrogen) atoms. The number of esters is 2. The van der Waals surface area contributed by atoms with Crippen molar-refractivity contribution < 1.29 is 76.9 Å². The average Bonchev–Trinajstić information content (AvgIpc) is 3.39. The van der Waals surface area contributed by atoms with Crippen molar-refractivity contribution in [1.82, 2.24) is 4.90 Å². The summed E-state index contributed by atoms with van der Waals surface area (Å²) in [6.45, 7) is 18.3. The van der Waals surface area contributed by atoms with E-state index in [2.05, 4.69) is 0 Å². The van der Waals surface area contributed by atoms with Gasteiger partial charge in [0.15, 0.2) is 11.6 Å². The van der Waals surface area contributed by atoms with Gasteiger partial charge in [-0.3, -0.25) is 24.0 Å². The van der Waals surface area contributed by atoms with E-state index in [1.54, 1.807) is 61.8 Å². The Labute approximate surface area is 451 Å². The number of amides is 1. The zero-order valence-corrected chi connectivity index (χ0v) is 47.7. The molecule has 1 aliphatic carbocycles. The van der Waals surface area contributed by atoms with Crippen molar-refractivity contribution >= 4 is 35.2 Å². The second-order valence-electron chi connectivity index (χ2n) is 23.5. The summed E-state index contributed by atoms with van der Waals surface area (Å²) in [5.74, 6) is -9.63. The number of allylic oxidation sites excluding steroid dienone is 6. The van der Waals surface area contributed by atoms with Gasteiger partial charge in [-0.05, 0) is 128 Å². The first-order valence-corrected chi connectivity index (χ1v) is 27.8. The molecular weight excluding hydrogens is 979 g/mol. The normalized spacial score (nSPS) is 36.6. The van der Waals surface area contributed by atoms with E-state index >= 15 is 0 Å². The summed E-state index contributed by atoms with van der Waals surface area (Å²) < 4.78 is 47.6. The molecule has 2 N–H and O–H groups in total. The molecule has 5 aliphatic rings. The molecule has 0 radical (unpaired) electrons. The Morgan fingerprint density at radius 3 is 2.18 bits per heavy atom. The number of ether oxygens (including phenoxy) is 8. The molecule has 17 heteroatoms. The molecule has 428 valence electrons. The first-order chi connectivity index (χ1) is 35.8. The van der Waals surface area contributed by atoms with Crippen LogP contribution in [-0.2, 0) is 66.7 Å². The van der Waals surface area contributed by atoms with Crippen LogP contribution in [-0.4, -0.2) is 152 Å². The third-order valence-electron chi connectivity index (χ3n) is 16.7. The molecule has 3 saturated heterocycles. The number of carbonyl (C=O) groups is 6. The predicted molar refractivity (Wildman–Crippen MR) is 283 cm³/mol. The minimum absolute atomic E-state index is 0.000496. The number of Topliss-reactive ketones (excluding diaryl/α,β-unsaturated/α-hetero) is 3. The summed E-state index contributed by atoms with van der Waals surface area (Å²) in [5.41, 5.74) is 0.243. The van der Waals surface area contributed by atoms with Gasteiger partial charge in [0, 0.05) is 58.5 Å². The van der Waals surface area contributed by atoms with Gasteiger partial charge >= 0.3 is 11.9 Å². The number of aliphatic hydroxyl groups excluding tert-OH is 1. The van der Waals surface area contributed by atoms with Crippen molar-refractivity contribution in [3.05, 3.63) is 47.6 Å². The number of fused-ring (bicyclic) bond motifs is 3. The van der Waals surface area contributed by atoms with Gasteiger partial charge in [-0.15, -0.1) is 0 Å². The van der Waals surface area contributed by atoms with Gasteiger partial charge < -0.3 is 53.0 Å². The predicted octanol–water partition coefficient (Wildman–Crippen LogP) is 7.52. The van der Waals surface area contributed by atoms with Gasteiger partial charge in [-0.25, -0.2) is 4.79 Å². The van der Waals surface area contributed by atoms with Crippen molar-refractivity contribution in [2.75, 3.05) is 41.1 Å². The number of aliphatic hydroxyl groups is 2. The summed E-state index contributed by atoms with van der Waals surface area (Å²) in [4.78, 5) is 86.3. The molecule has 2 bridgehead atoms. The van der Waals surface area contributed by atoms with Crippen LogP contribution in [0.3, 0.4) is 0 Å². The topological polar surface area (TPSA) is 220 Å². The average molecular weight is 1070 g/mol. The molecule has 4 heterocycles. The maximum absolute atomic E-state index is 14.6. The summed E-state index contributed by atoms with van der Waals surface area (Å²) in [7, 11) is 4.52. The van der Waals surface area contributed by atoms with E-state index in [-0.39, 0.29) is 56.0 Å². The molecule has 4 aliphatic heterocycles. The second kappa shape index (κ2) is 27.8. The van der Waals surface area contributed by atoms with Gasteiger partial charge in [0.1, 0.15) is 41.7 Å². The van der Waals surface area contributed by atoms with E-state index in [1.165, 1.54) is 12.0 Å². The molecule has 0 spiro atoms. The maximum atomic E-state index is 14.6. The summed E-state index contributed by atoms with van der Waals surface area (Å²) in [6.07, 6.45) is 10.5. The number of ketones is 3. The van der Waals surface area contributed by atoms with Crippen LogP contribution >= 0.6 is 0 Å². The molecule has 4 fully saturated rings. The van der Waals surface area contributed by atoms with Gasteiger partial charge in [-0.1, -0.05) is 71.1 Å². The number of piperidine rings is 1. The van der Waals surface area contributed by atoms with Crippen molar-refractivity contribution in [3.8, 4) is 0 Å². The second-order valence-corrected chi connectivity index (χ2v) is 23.5. The monoisotopic (exact) mass is 1070 g/mol. The van der Waals surface area contributed by atoms with E-state index < -0.39 is 113 Å². The lowest BCUT2D eigenvalue weighted by atomic mass is 9.78. The van der Waals surface area contributed by atoms with Crippen LogP contribution in [0.1, 0.15) is 146 Å². The van der Waals surface area contributed by atoms with E-state index in [0.29, 0.717) is 69.8 Å². The van der Waals surface area contributed by atoms with E-state index in [0.717, 1.165) is 5.57 Å². The largest absolute Gasteiger partial charge is 0.460 e. The minimum Gasteiger partial charge on any atom is -0.460 e. The summed E-state index contributed by atoms with van der Waals surface area (Å²) in [5, 5.41) is 23.6. The molecule has 0 aromatic carbocycles. The van der Waals surface area contributed by atoms with E-state index in [4.69, 9.17) is 37.9 Å². The number of methoxy groups -OCH3 is 3. The van der Waals surface area contributed by atoms with E-state index in [1.807, 2.05) is 58.1 Å². The minimum atomic E-state index is -2.46. The summed E-state index contributed by atoms with van der Waals surface area (Å²) in [6, 6.07) is -1.18. The van der Waals surface area contributed by atoms with Crippen LogP contribution in [0.4, 0.5) is 0 Å². The highest BCUT2D eigenvalue weighted by molar-refractivity contribution is 6.39. The number of rotatable bonds is 8. The number of hydrogen-bond acceptors (Lipinski definition) is 16. The molecule has 1 saturated carbocycles. The Morgan fingerprint density at radius 2 is 1.53 bits per heavy atom. The van der Waals surface area contributed by atoms with Crippen LogP contribution in [0.2, 0.25) is 0 Å². The Balaban J connectivity index is 1.43. The Hall–Kier alpha value is -3.94. The number of hydrogen-bond donors (Lipinski definition) is 2. The molecule has 5 rings (SSSR count). The van der Waals surface area contributed by atoms with E-state index in [9.17, 15) is 39.0 Å². The number of cyclic esters (lactones) is 1. The fraction of sp³-hybridized carbons (Fsp3) is 0.763. The first-order valence-electron chi connectivity index (χ1n) is 27.8. The van der Waals surface area contributed by atoms with Gasteiger partial charge in [-0.2, -0.15) is 0 Å². The molecular formula is C59H91NO16. The zero-order chi connectivity index (χ0) is 56.3. The molecule has 15 atom stereocenters. The summed E-state index contributed by atoms with van der Waals surface area (Å²) >= 11 is 0. The third-order valence-corrected chi connectivity index (χ3v) is 16.7. The number of nitrogens with zero attached hydrogens (tertiary/aromatic N) is 1. The SMILES string of the molecule is CO[C@@H]1C[C@@H]2CC[C@@H](C)[C@@](O)(O2)C(=O)C(=O)N2CCCC[C@H]2C(=O)O[C@H]([C@H](C)C[C@@H]2CC[C@@H](OC(=O)C3(C)COC(C)(C)OC3)[C@H](OC)C2)CC(=O)[C@H](C)C=C(C)[C@@H](O)[C@@H](OC)C(=O)[C@H](C)C[C@H](C)C=CC=CC=C1C. The van der Waals surface area contributed by atoms with Crippen LogP contribution in [0, 0.1) is 40.9 Å². The lowest BCUT2D eigenvalue weighted by molar-refractivity contribution is -0.283. The smallest absolute Gasteiger partial charge is 0.329 e. The molecule has 0 aromatic rings. The van der Waals surface area contributed by atoms with Crippen LogP contribution < -0.4 is 0 Å². The fourth-order valence-corrected chi connectivity index (χ4v) is 11.4. The van der Waals surface area contributed by atoms with Crippen molar-refractivity contribution in [1.29, 1.82) is 0 Å². The van der Waals surface area contributed by atoms with Crippen molar-refractivity contribution in [2.45, 2.75) is 207 Å². The Kier molecular flexibility index (Phi) is 23.0. The highest BCUT2D eigenvalue weighted by Gasteiger charge is 2.53. The highest BCUT2D eigenvalue weighted by atomic mass is 16.7. The van der Waals surface area contributed by atoms with Gasteiger partial charge in [0.05, 0.1) is 31.5 Å². The van der Waals surface area contributed by atoms with Gasteiger partial charge in [0.25, 0.3) is 11.7 Å². The highest BCUT2D eigenvalue weighted by Crippen LogP contribution is 2.39. The lowest BCUT2D eigenvalue weighted by Gasteiger charge is -2.43. The van der Waals surface area contributed by atoms with Crippen molar-refractivity contribution in [3.63, 3.8) is 0 Å². The van der Waals surface area contributed by atoms with Crippen molar-refractivity contribution in [2.24, 2.45) is 40.9 Å². The maximum Gasteiger partial charge on any atom is 0.329 e. The van der Waals surface area contributed by atoms with Gasteiger partial charge in [0.2, 0.25) is 5.79 Å². The zero-order valence-electron chi connectivity index (χ0n) is 47.7. The Morgan fingerprint density at radius 1 is 0.829 bits per heavy atom. The van der Waals surface area contributed by atoms with Crippen LogP contribution in [0.15, 0.2) is 47.6 Å². The quantitative estimate of drug-likeness (QED) is 0.136. The van der Waals surface area contributed by atoms with Crippen LogP contribution in [0.5, 0.6) is 0 Å². The number of carbonyl (C=O) groups excluding carboxylic acids is 6. The van der Waals surface area contributed by atoms with Crippen LogP contribution in [0.25, 0.3) is 0 Å². The molecule has 0 unspecified atom stereocenters. The first kappa shape index (κ1) is 62.9. The standard InChI is InChI=1S/C59H91NO16/c1-35-19-15-14-16-20-36(2)47(69-11)31-43-24-22-41(7)59(68,76-43)53(64)54(65)60-26-18-17-21-44(60)55(66)74-48(32-45(61)37(3)28-40(6)51(63)52(71-13)50(62)39(5)27-35)38(4)29-42-23-25-46(49(30-42)70-12)75-56(67)58(10)33-72-57(8,9)73-34-58/h14-16,19-20,28,35,37-39,41-44,46-49,51-52,63,68H,17-18,21-27,29-34H2,1-13H3/t35-,37-,38-,39-,41-,42+,43+,44+,46-,47-,48+,49-,51-,52+,59-/m1/s1. The third kappa shape index (κ3) is 16.1. The fourth-order valence-electron chi connectivity index (χ4n) is 11.4. The molecule has 17 nitrogen and oxygen atoms in total.